The standard InChI is InChI=1S/C14H22N2O2/c1-9(2)14(5-6-14)8-15-11-7-12(17)16(13(11)18)10-3-4-10/h9-11,15H,3-8H2,1-2H3. The molecule has 0 spiro atoms. The third-order valence-electron chi connectivity index (χ3n) is 4.91. The van der Waals surface area contributed by atoms with Crippen LogP contribution >= 0.6 is 0 Å². The predicted octanol–water partition coefficient (Wildman–Crippen LogP) is 1.30. The first-order valence-corrected chi connectivity index (χ1v) is 7.13. The smallest absolute Gasteiger partial charge is 0.247 e. The molecule has 0 aromatic carbocycles. The second-order valence-corrected chi connectivity index (χ2v) is 6.49. The lowest BCUT2D eigenvalue weighted by atomic mass is 9.92. The van der Waals surface area contributed by atoms with Crippen LogP contribution in [0.1, 0.15) is 46.0 Å². The molecule has 0 aromatic rings. The second-order valence-electron chi connectivity index (χ2n) is 6.49. The van der Waals surface area contributed by atoms with Crippen LogP contribution in [0.5, 0.6) is 0 Å². The SMILES string of the molecule is CC(C)C1(CNC2CC(=O)N(C3CC3)C2=O)CC1. The summed E-state index contributed by atoms with van der Waals surface area (Å²) in [6.07, 6.45) is 4.86. The van der Waals surface area contributed by atoms with Gasteiger partial charge < -0.3 is 5.32 Å². The zero-order valence-electron chi connectivity index (χ0n) is 11.2. The van der Waals surface area contributed by atoms with E-state index in [0.717, 1.165) is 19.4 Å². The largest absolute Gasteiger partial charge is 0.305 e. The van der Waals surface area contributed by atoms with Crippen LogP contribution in [-0.4, -0.2) is 35.3 Å². The van der Waals surface area contributed by atoms with Crippen LogP contribution in [-0.2, 0) is 9.59 Å². The van der Waals surface area contributed by atoms with Gasteiger partial charge in [-0.3, -0.25) is 14.5 Å². The molecule has 1 N–H and O–H groups in total. The molecule has 0 radical (unpaired) electrons. The normalized spacial score (nSPS) is 30.4. The van der Waals surface area contributed by atoms with Gasteiger partial charge in [0, 0.05) is 12.6 Å². The summed E-state index contributed by atoms with van der Waals surface area (Å²) < 4.78 is 0. The number of hydrogen-bond donors (Lipinski definition) is 1. The number of carbonyl (C=O) groups excluding carboxylic acids is 2. The van der Waals surface area contributed by atoms with E-state index in [-0.39, 0.29) is 23.9 Å². The van der Waals surface area contributed by atoms with Crippen molar-refractivity contribution in [3.8, 4) is 0 Å². The maximum absolute atomic E-state index is 12.1. The first kappa shape index (κ1) is 12.2. The molecule has 1 saturated heterocycles. The monoisotopic (exact) mass is 250 g/mol. The van der Waals surface area contributed by atoms with Gasteiger partial charge in [-0.2, -0.15) is 0 Å². The Hall–Kier alpha value is -0.900. The Bertz CT molecular complexity index is 383. The molecule has 0 aromatic heterocycles. The van der Waals surface area contributed by atoms with Gasteiger partial charge in [0.2, 0.25) is 11.8 Å². The summed E-state index contributed by atoms with van der Waals surface area (Å²) >= 11 is 0. The number of likely N-dealkylation sites (tertiary alicyclic amines) is 1. The van der Waals surface area contributed by atoms with Crippen molar-refractivity contribution in [2.45, 2.75) is 58.0 Å². The number of nitrogens with zero attached hydrogens (tertiary/aromatic N) is 1. The van der Waals surface area contributed by atoms with E-state index in [1.54, 1.807) is 0 Å². The number of rotatable bonds is 5. The van der Waals surface area contributed by atoms with Crippen molar-refractivity contribution in [3.63, 3.8) is 0 Å². The highest BCUT2D eigenvalue weighted by molar-refractivity contribution is 6.06. The zero-order valence-corrected chi connectivity index (χ0v) is 11.2. The van der Waals surface area contributed by atoms with Crippen molar-refractivity contribution in [1.29, 1.82) is 0 Å². The van der Waals surface area contributed by atoms with Crippen molar-refractivity contribution in [2.75, 3.05) is 6.54 Å². The van der Waals surface area contributed by atoms with Gasteiger partial charge in [-0.05, 0) is 37.0 Å². The van der Waals surface area contributed by atoms with Crippen molar-refractivity contribution in [1.82, 2.24) is 10.2 Å². The molecule has 3 rings (SSSR count). The summed E-state index contributed by atoms with van der Waals surface area (Å²) in [7, 11) is 0. The third-order valence-corrected chi connectivity index (χ3v) is 4.91. The molecule has 2 amide bonds. The van der Waals surface area contributed by atoms with Crippen LogP contribution in [0, 0.1) is 11.3 Å². The van der Waals surface area contributed by atoms with Crippen molar-refractivity contribution < 1.29 is 9.59 Å². The average molecular weight is 250 g/mol. The first-order valence-electron chi connectivity index (χ1n) is 7.13. The zero-order chi connectivity index (χ0) is 12.9. The average Bonchev–Trinajstić information content (AvgIpc) is 3.19. The van der Waals surface area contributed by atoms with Crippen LogP contribution in [0.4, 0.5) is 0 Å². The molecule has 3 aliphatic rings. The van der Waals surface area contributed by atoms with Gasteiger partial charge in [0.1, 0.15) is 0 Å². The number of amides is 2. The molecule has 4 nitrogen and oxygen atoms in total. The Balaban J connectivity index is 1.58. The Morgan fingerprint density at radius 3 is 2.50 bits per heavy atom. The molecule has 1 unspecified atom stereocenters. The highest BCUT2D eigenvalue weighted by Crippen LogP contribution is 2.51. The number of carbonyl (C=O) groups is 2. The molecule has 18 heavy (non-hydrogen) atoms. The molecule has 4 heteroatoms. The minimum Gasteiger partial charge on any atom is -0.305 e. The number of imide groups is 1. The maximum Gasteiger partial charge on any atom is 0.247 e. The lowest BCUT2D eigenvalue weighted by molar-refractivity contribution is -0.139. The van der Waals surface area contributed by atoms with E-state index in [1.807, 2.05) is 0 Å². The summed E-state index contributed by atoms with van der Waals surface area (Å²) in [6, 6.07) is -0.0360. The van der Waals surface area contributed by atoms with Gasteiger partial charge >= 0.3 is 0 Å². The van der Waals surface area contributed by atoms with Gasteiger partial charge in [0.05, 0.1) is 12.5 Å². The molecule has 0 bridgehead atoms. The quantitative estimate of drug-likeness (QED) is 0.748. The Labute approximate surface area is 108 Å². The Morgan fingerprint density at radius 2 is 2.00 bits per heavy atom. The molecule has 2 aliphatic carbocycles. The molecule has 2 saturated carbocycles. The fraction of sp³-hybridized carbons (Fsp3) is 0.857. The van der Waals surface area contributed by atoms with E-state index in [1.165, 1.54) is 17.7 Å². The van der Waals surface area contributed by atoms with E-state index in [0.29, 0.717) is 17.8 Å². The fourth-order valence-electron chi connectivity index (χ4n) is 2.97. The molecule has 1 aliphatic heterocycles. The summed E-state index contributed by atoms with van der Waals surface area (Å²) in [5, 5.41) is 3.35. The number of hydrogen-bond acceptors (Lipinski definition) is 3. The lowest BCUT2D eigenvalue weighted by Crippen LogP contribution is -2.42. The van der Waals surface area contributed by atoms with Crippen molar-refractivity contribution in [2.24, 2.45) is 11.3 Å². The summed E-state index contributed by atoms with van der Waals surface area (Å²) in [6.45, 7) is 5.37. The van der Waals surface area contributed by atoms with Crippen LogP contribution in [0.25, 0.3) is 0 Å². The van der Waals surface area contributed by atoms with E-state index < -0.39 is 0 Å². The van der Waals surface area contributed by atoms with Gasteiger partial charge in [-0.1, -0.05) is 13.8 Å². The van der Waals surface area contributed by atoms with Crippen molar-refractivity contribution in [3.05, 3.63) is 0 Å². The van der Waals surface area contributed by atoms with Crippen molar-refractivity contribution >= 4 is 11.8 Å². The predicted molar refractivity (Wildman–Crippen MR) is 67.8 cm³/mol. The topological polar surface area (TPSA) is 49.4 Å². The van der Waals surface area contributed by atoms with Crippen LogP contribution in [0.2, 0.25) is 0 Å². The highest BCUT2D eigenvalue weighted by atomic mass is 16.2. The minimum absolute atomic E-state index is 0.0158. The Kier molecular flexibility index (Phi) is 2.73. The molecular weight excluding hydrogens is 228 g/mol. The summed E-state index contributed by atoms with van der Waals surface area (Å²) in [4.78, 5) is 25.5. The van der Waals surface area contributed by atoms with Crippen LogP contribution in [0.3, 0.4) is 0 Å². The maximum atomic E-state index is 12.1. The molecule has 1 atom stereocenters. The van der Waals surface area contributed by atoms with Gasteiger partial charge in [0.15, 0.2) is 0 Å². The van der Waals surface area contributed by atoms with E-state index in [9.17, 15) is 9.59 Å². The van der Waals surface area contributed by atoms with Gasteiger partial charge in [-0.15, -0.1) is 0 Å². The molecular formula is C14H22N2O2. The van der Waals surface area contributed by atoms with E-state index >= 15 is 0 Å². The summed E-state index contributed by atoms with van der Waals surface area (Å²) in [5.41, 5.74) is 0.385. The highest BCUT2D eigenvalue weighted by Gasteiger charge is 2.49. The van der Waals surface area contributed by atoms with Crippen LogP contribution in [0.15, 0.2) is 0 Å². The third kappa shape index (κ3) is 1.96. The van der Waals surface area contributed by atoms with Gasteiger partial charge in [0.25, 0.3) is 0 Å². The fourth-order valence-corrected chi connectivity index (χ4v) is 2.97. The lowest BCUT2D eigenvalue weighted by Gasteiger charge is -2.22. The van der Waals surface area contributed by atoms with Crippen LogP contribution < -0.4 is 5.32 Å². The molecule has 3 fully saturated rings. The molecule has 1 heterocycles. The first-order chi connectivity index (χ1) is 8.53. The number of nitrogens with one attached hydrogen (secondary N) is 1. The molecule has 100 valence electrons. The Morgan fingerprint density at radius 1 is 1.33 bits per heavy atom. The minimum atomic E-state index is -0.255. The summed E-state index contributed by atoms with van der Waals surface area (Å²) in [5.74, 6) is 0.688. The van der Waals surface area contributed by atoms with E-state index in [2.05, 4.69) is 19.2 Å². The van der Waals surface area contributed by atoms with Gasteiger partial charge in [-0.25, -0.2) is 0 Å². The second kappa shape index (κ2) is 4.05. The van der Waals surface area contributed by atoms with E-state index in [4.69, 9.17) is 0 Å².